The van der Waals surface area contributed by atoms with Crippen LogP contribution in [0.1, 0.15) is 33.1 Å². The van der Waals surface area contributed by atoms with Crippen LogP contribution >= 0.6 is 0 Å². The molecule has 0 fully saturated rings. The van der Waals surface area contributed by atoms with Gasteiger partial charge in [-0.3, -0.25) is 0 Å². The van der Waals surface area contributed by atoms with Crippen LogP contribution in [0.5, 0.6) is 0 Å². The van der Waals surface area contributed by atoms with Crippen LogP contribution in [0.2, 0.25) is 0 Å². The molecule has 13 heavy (non-hydrogen) atoms. The predicted octanol–water partition coefficient (Wildman–Crippen LogP) is 1.79. The van der Waals surface area contributed by atoms with E-state index in [1.54, 1.807) is 14.2 Å². The van der Waals surface area contributed by atoms with Crippen molar-refractivity contribution in [3.63, 3.8) is 0 Å². The fourth-order valence-electron chi connectivity index (χ4n) is 1.28. The Balaban J connectivity index is 3.53. The molecule has 0 aliphatic heterocycles. The van der Waals surface area contributed by atoms with Gasteiger partial charge in [0.05, 0.1) is 0 Å². The number of rotatable bonds is 7. The molecule has 0 aromatic rings. The van der Waals surface area contributed by atoms with Gasteiger partial charge >= 0.3 is 0 Å². The molecule has 0 aromatic heterocycles. The van der Waals surface area contributed by atoms with Crippen LogP contribution in [-0.2, 0) is 9.47 Å². The highest BCUT2D eigenvalue weighted by molar-refractivity contribution is 4.60. The van der Waals surface area contributed by atoms with Crippen LogP contribution in [0.15, 0.2) is 0 Å². The normalized spacial score (nSPS) is 14.1. The number of ether oxygens (including phenoxy) is 2. The number of hydrogen-bond acceptors (Lipinski definition) is 3. The van der Waals surface area contributed by atoms with Crippen LogP contribution < -0.4 is 0 Å². The maximum Gasteiger partial charge on any atom is 0.182 e. The average Bonchev–Trinajstić information content (AvgIpc) is 2.05. The number of aliphatic hydroxyl groups is 1. The molecule has 0 amide bonds. The Hall–Kier alpha value is -0.120. The molecular formula is C10H22O3. The van der Waals surface area contributed by atoms with Crippen LogP contribution in [0, 0.1) is 5.92 Å². The summed E-state index contributed by atoms with van der Waals surface area (Å²) in [6.45, 7) is 4.35. The highest BCUT2D eigenvalue weighted by Crippen LogP contribution is 2.11. The van der Waals surface area contributed by atoms with Gasteiger partial charge in [0, 0.05) is 14.2 Å². The highest BCUT2D eigenvalue weighted by Gasteiger charge is 2.16. The van der Waals surface area contributed by atoms with Gasteiger partial charge in [0.25, 0.3) is 0 Å². The second-order valence-corrected chi connectivity index (χ2v) is 3.73. The molecule has 3 heteroatoms. The van der Waals surface area contributed by atoms with Gasteiger partial charge in [-0.25, -0.2) is 0 Å². The van der Waals surface area contributed by atoms with Crippen LogP contribution in [0.3, 0.4) is 0 Å². The molecule has 1 unspecified atom stereocenters. The molecule has 0 saturated carbocycles. The number of aliphatic hydroxyl groups excluding tert-OH is 1. The molecule has 0 bridgehead atoms. The highest BCUT2D eigenvalue weighted by atomic mass is 16.7. The largest absolute Gasteiger partial charge is 0.388 e. The predicted molar refractivity (Wildman–Crippen MR) is 52.5 cm³/mol. The van der Waals surface area contributed by atoms with Crippen molar-refractivity contribution in [2.45, 2.75) is 45.5 Å². The Morgan fingerprint density at radius 2 is 1.62 bits per heavy atom. The average molecular weight is 190 g/mol. The molecule has 80 valence electrons. The summed E-state index contributed by atoms with van der Waals surface area (Å²) in [5, 5.41) is 9.57. The fraction of sp³-hybridized carbons (Fsp3) is 1.00. The van der Waals surface area contributed by atoms with Gasteiger partial charge in [-0.1, -0.05) is 26.7 Å². The van der Waals surface area contributed by atoms with Crippen LogP contribution in [0.25, 0.3) is 0 Å². The van der Waals surface area contributed by atoms with E-state index in [4.69, 9.17) is 9.47 Å². The summed E-state index contributed by atoms with van der Waals surface area (Å²) in [7, 11) is 3.08. The zero-order valence-corrected chi connectivity index (χ0v) is 9.12. The summed E-state index contributed by atoms with van der Waals surface area (Å²) in [5.41, 5.74) is 0. The molecule has 0 aliphatic carbocycles. The molecule has 0 saturated heterocycles. The summed E-state index contributed by atoms with van der Waals surface area (Å²) in [6, 6.07) is 0. The third-order valence-corrected chi connectivity index (χ3v) is 2.06. The third kappa shape index (κ3) is 6.02. The van der Waals surface area contributed by atoms with E-state index in [-0.39, 0.29) is 0 Å². The second kappa shape index (κ2) is 7.30. The lowest BCUT2D eigenvalue weighted by Crippen LogP contribution is -2.29. The van der Waals surface area contributed by atoms with Gasteiger partial charge in [0.1, 0.15) is 6.10 Å². The van der Waals surface area contributed by atoms with E-state index in [0.717, 1.165) is 19.3 Å². The lowest BCUT2D eigenvalue weighted by atomic mass is 10.0. The molecule has 0 aliphatic rings. The Morgan fingerprint density at radius 1 is 1.08 bits per heavy atom. The number of methoxy groups -OCH3 is 2. The van der Waals surface area contributed by atoms with Gasteiger partial charge in [-0.15, -0.1) is 0 Å². The first-order valence-electron chi connectivity index (χ1n) is 4.85. The molecule has 1 N–H and O–H groups in total. The van der Waals surface area contributed by atoms with E-state index in [0.29, 0.717) is 5.92 Å². The second-order valence-electron chi connectivity index (χ2n) is 3.73. The monoisotopic (exact) mass is 190 g/mol. The first-order valence-corrected chi connectivity index (χ1v) is 4.85. The van der Waals surface area contributed by atoms with Gasteiger partial charge in [0.2, 0.25) is 0 Å². The van der Waals surface area contributed by atoms with E-state index >= 15 is 0 Å². The minimum absolute atomic E-state index is 0.479. The molecule has 0 radical (unpaired) electrons. The van der Waals surface area contributed by atoms with Crippen molar-refractivity contribution in [2.24, 2.45) is 5.92 Å². The summed E-state index contributed by atoms with van der Waals surface area (Å²) >= 11 is 0. The van der Waals surface area contributed by atoms with E-state index in [1.165, 1.54) is 0 Å². The quantitative estimate of drug-likeness (QED) is 0.622. The Kier molecular flexibility index (Phi) is 7.23. The van der Waals surface area contributed by atoms with Crippen molar-refractivity contribution in [1.29, 1.82) is 0 Å². The van der Waals surface area contributed by atoms with E-state index in [1.807, 2.05) is 0 Å². The van der Waals surface area contributed by atoms with Crippen molar-refractivity contribution >= 4 is 0 Å². The van der Waals surface area contributed by atoms with Crippen molar-refractivity contribution in [3.8, 4) is 0 Å². The van der Waals surface area contributed by atoms with Crippen molar-refractivity contribution in [3.05, 3.63) is 0 Å². The van der Waals surface area contributed by atoms with Gasteiger partial charge in [-0.05, 0) is 12.3 Å². The van der Waals surface area contributed by atoms with Gasteiger partial charge in [0.15, 0.2) is 6.29 Å². The first kappa shape index (κ1) is 12.9. The van der Waals surface area contributed by atoms with E-state index in [2.05, 4.69) is 13.8 Å². The third-order valence-electron chi connectivity index (χ3n) is 2.06. The topological polar surface area (TPSA) is 38.7 Å². The van der Waals surface area contributed by atoms with Crippen molar-refractivity contribution < 1.29 is 14.6 Å². The summed E-state index contributed by atoms with van der Waals surface area (Å²) in [6.07, 6.45) is 1.91. The Morgan fingerprint density at radius 3 is 2.00 bits per heavy atom. The maximum absolute atomic E-state index is 9.57. The standard InChI is InChI=1S/C10H22O3/c1-8(2)6-5-7-9(11)10(12-3)13-4/h8-11H,5-7H2,1-4H3. The van der Waals surface area contributed by atoms with Gasteiger partial charge in [-0.2, -0.15) is 0 Å². The summed E-state index contributed by atoms with van der Waals surface area (Å²) in [4.78, 5) is 0. The smallest absolute Gasteiger partial charge is 0.182 e. The zero-order chi connectivity index (χ0) is 10.3. The summed E-state index contributed by atoms with van der Waals surface area (Å²) in [5.74, 6) is 0.690. The van der Waals surface area contributed by atoms with E-state index < -0.39 is 12.4 Å². The van der Waals surface area contributed by atoms with Crippen LogP contribution in [0.4, 0.5) is 0 Å². The first-order chi connectivity index (χ1) is 6.11. The molecule has 0 heterocycles. The number of hydrogen-bond donors (Lipinski definition) is 1. The molecule has 0 spiro atoms. The van der Waals surface area contributed by atoms with E-state index in [9.17, 15) is 5.11 Å². The lowest BCUT2D eigenvalue weighted by molar-refractivity contribution is -0.165. The Labute approximate surface area is 81.0 Å². The zero-order valence-electron chi connectivity index (χ0n) is 9.12. The molecule has 0 rings (SSSR count). The van der Waals surface area contributed by atoms with Crippen molar-refractivity contribution in [1.82, 2.24) is 0 Å². The summed E-state index contributed by atoms with van der Waals surface area (Å²) < 4.78 is 9.89. The van der Waals surface area contributed by atoms with Crippen molar-refractivity contribution in [2.75, 3.05) is 14.2 Å². The molecule has 3 nitrogen and oxygen atoms in total. The fourth-order valence-corrected chi connectivity index (χ4v) is 1.28. The SMILES string of the molecule is COC(OC)C(O)CCCC(C)C. The van der Waals surface area contributed by atoms with Crippen LogP contribution in [-0.4, -0.2) is 31.7 Å². The lowest BCUT2D eigenvalue weighted by Gasteiger charge is -2.19. The Bertz CT molecular complexity index is 111. The molecular weight excluding hydrogens is 168 g/mol. The molecule has 0 aromatic carbocycles. The minimum atomic E-state index is -0.506. The molecule has 1 atom stereocenters. The minimum Gasteiger partial charge on any atom is -0.388 e. The maximum atomic E-state index is 9.57. The van der Waals surface area contributed by atoms with Gasteiger partial charge < -0.3 is 14.6 Å².